The monoisotopic (exact) mass is 302 g/mol. The summed E-state index contributed by atoms with van der Waals surface area (Å²) in [6.45, 7) is 7.49. The number of amides is 1. The highest BCUT2D eigenvalue weighted by Crippen LogP contribution is 2.38. The van der Waals surface area contributed by atoms with Crippen LogP contribution < -0.4 is 5.32 Å². The molecule has 1 aromatic rings. The molecule has 4 nitrogen and oxygen atoms in total. The highest BCUT2D eigenvalue weighted by atomic mass is 16.6. The Balaban J connectivity index is 1.50. The van der Waals surface area contributed by atoms with Crippen molar-refractivity contribution >= 4 is 6.09 Å². The molecule has 1 N–H and O–H groups in total. The van der Waals surface area contributed by atoms with Crippen molar-refractivity contribution < 1.29 is 9.53 Å². The summed E-state index contributed by atoms with van der Waals surface area (Å²) in [5.74, 6) is 0.557. The SMILES string of the molecule is CC(C)(C)OC(=O)N1C[C@H]2C[C@@H]1CC2NCc1ccccc1. The van der Waals surface area contributed by atoms with Crippen LogP contribution in [0.1, 0.15) is 39.2 Å². The first-order valence-electron chi connectivity index (χ1n) is 8.19. The average Bonchev–Trinajstić information content (AvgIpc) is 3.04. The molecule has 1 saturated heterocycles. The Labute approximate surface area is 132 Å². The van der Waals surface area contributed by atoms with E-state index in [-0.39, 0.29) is 6.09 Å². The minimum atomic E-state index is -0.413. The largest absolute Gasteiger partial charge is 0.444 e. The van der Waals surface area contributed by atoms with Crippen molar-refractivity contribution in [1.29, 1.82) is 0 Å². The number of benzene rings is 1. The van der Waals surface area contributed by atoms with Gasteiger partial charge in [0.25, 0.3) is 0 Å². The third kappa shape index (κ3) is 3.43. The van der Waals surface area contributed by atoms with Gasteiger partial charge in [-0.3, -0.25) is 0 Å². The lowest BCUT2D eigenvalue weighted by Crippen LogP contribution is -2.47. The van der Waals surface area contributed by atoms with Crippen LogP contribution >= 0.6 is 0 Å². The van der Waals surface area contributed by atoms with Crippen LogP contribution in [0.3, 0.4) is 0 Å². The van der Waals surface area contributed by atoms with Gasteiger partial charge in [0.2, 0.25) is 0 Å². The van der Waals surface area contributed by atoms with Crippen LogP contribution in [0.2, 0.25) is 0 Å². The third-order valence-corrected chi connectivity index (χ3v) is 4.58. The van der Waals surface area contributed by atoms with E-state index in [1.54, 1.807) is 0 Å². The maximum absolute atomic E-state index is 12.2. The Hall–Kier alpha value is -1.55. The summed E-state index contributed by atoms with van der Waals surface area (Å²) in [6.07, 6.45) is 1.99. The zero-order chi connectivity index (χ0) is 15.7. The Kier molecular flexibility index (Phi) is 4.13. The summed E-state index contributed by atoms with van der Waals surface area (Å²) in [6, 6.07) is 11.3. The predicted molar refractivity (Wildman–Crippen MR) is 86.5 cm³/mol. The second kappa shape index (κ2) is 5.92. The van der Waals surface area contributed by atoms with Gasteiger partial charge in [0.15, 0.2) is 0 Å². The Morgan fingerprint density at radius 2 is 2.00 bits per heavy atom. The second-order valence-electron chi connectivity index (χ2n) is 7.49. The van der Waals surface area contributed by atoms with Gasteiger partial charge >= 0.3 is 6.09 Å². The Morgan fingerprint density at radius 3 is 2.59 bits per heavy atom. The molecule has 2 aliphatic rings. The van der Waals surface area contributed by atoms with E-state index in [4.69, 9.17) is 4.74 Å². The molecular weight excluding hydrogens is 276 g/mol. The van der Waals surface area contributed by atoms with E-state index in [9.17, 15) is 4.79 Å². The molecule has 0 spiro atoms. The molecular formula is C18H26N2O2. The number of rotatable bonds is 3. The third-order valence-electron chi connectivity index (χ3n) is 4.58. The van der Waals surface area contributed by atoms with Crippen molar-refractivity contribution in [1.82, 2.24) is 10.2 Å². The molecule has 1 saturated carbocycles. The van der Waals surface area contributed by atoms with E-state index in [1.807, 2.05) is 31.7 Å². The molecule has 1 aliphatic carbocycles. The van der Waals surface area contributed by atoms with Crippen molar-refractivity contribution in [3.05, 3.63) is 35.9 Å². The maximum atomic E-state index is 12.2. The number of ether oxygens (including phenoxy) is 1. The van der Waals surface area contributed by atoms with E-state index in [0.717, 1.165) is 25.9 Å². The summed E-state index contributed by atoms with van der Waals surface area (Å²) < 4.78 is 5.51. The van der Waals surface area contributed by atoms with E-state index < -0.39 is 5.60 Å². The lowest BCUT2D eigenvalue weighted by molar-refractivity contribution is 0.0174. The number of carbonyl (C=O) groups is 1. The van der Waals surface area contributed by atoms with Crippen molar-refractivity contribution in [2.45, 2.75) is 57.8 Å². The van der Waals surface area contributed by atoms with Crippen LogP contribution in [0, 0.1) is 5.92 Å². The summed E-state index contributed by atoms with van der Waals surface area (Å²) in [7, 11) is 0. The molecule has 3 rings (SSSR count). The smallest absolute Gasteiger partial charge is 0.410 e. The lowest BCUT2D eigenvalue weighted by Gasteiger charge is -2.33. The van der Waals surface area contributed by atoms with Gasteiger partial charge in [0.1, 0.15) is 5.60 Å². The molecule has 3 atom stereocenters. The Bertz CT molecular complexity index is 524. The van der Waals surface area contributed by atoms with Crippen molar-refractivity contribution in [3.8, 4) is 0 Å². The zero-order valence-corrected chi connectivity index (χ0v) is 13.7. The molecule has 4 heteroatoms. The fraction of sp³-hybridized carbons (Fsp3) is 0.611. The molecule has 1 heterocycles. The molecule has 2 bridgehead atoms. The predicted octanol–water partition coefficient (Wildman–Crippen LogP) is 3.17. The molecule has 2 fully saturated rings. The number of carbonyl (C=O) groups excluding carboxylic acids is 1. The first kappa shape index (κ1) is 15.3. The summed E-state index contributed by atoms with van der Waals surface area (Å²) in [5, 5.41) is 3.66. The van der Waals surface area contributed by atoms with Crippen molar-refractivity contribution in [2.24, 2.45) is 5.92 Å². The Morgan fingerprint density at radius 1 is 1.27 bits per heavy atom. The number of piperidine rings is 1. The highest BCUT2D eigenvalue weighted by molar-refractivity contribution is 5.69. The average molecular weight is 302 g/mol. The molecule has 1 amide bonds. The van der Waals surface area contributed by atoms with Gasteiger partial charge < -0.3 is 15.0 Å². The normalized spacial score (nSPS) is 27.2. The van der Waals surface area contributed by atoms with Gasteiger partial charge in [-0.05, 0) is 45.1 Å². The number of nitrogens with one attached hydrogen (secondary N) is 1. The molecule has 1 aromatic carbocycles. The number of hydrogen-bond acceptors (Lipinski definition) is 3. The second-order valence-corrected chi connectivity index (χ2v) is 7.49. The van der Waals surface area contributed by atoms with Crippen LogP contribution in [-0.4, -0.2) is 35.2 Å². The summed E-state index contributed by atoms with van der Waals surface area (Å²) in [5.41, 5.74) is 0.901. The van der Waals surface area contributed by atoms with Gasteiger partial charge in [-0.25, -0.2) is 4.79 Å². The molecule has 0 aromatic heterocycles. The number of hydrogen-bond donors (Lipinski definition) is 1. The van der Waals surface area contributed by atoms with Crippen LogP contribution in [-0.2, 0) is 11.3 Å². The summed E-state index contributed by atoms with van der Waals surface area (Å²) >= 11 is 0. The van der Waals surface area contributed by atoms with Gasteiger partial charge in [0.05, 0.1) is 0 Å². The van der Waals surface area contributed by atoms with Crippen LogP contribution in [0.5, 0.6) is 0 Å². The van der Waals surface area contributed by atoms with E-state index >= 15 is 0 Å². The number of likely N-dealkylation sites (tertiary alicyclic amines) is 1. The first-order chi connectivity index (χ1) is 10.4. The highest BCUT2D eigenvalue weighted by Gasteiger charge is 2.47. The van der Waals surface area contributed by atoms with Crippen LogP contribution in [0.25, 0.3) is 0 Å². The van der Waals surface area contributed by atoms with Gasteiger partial charge in [-0.2, -0.15) is 0 Å². The van der Waals surface area contributed by atoms with E-state index in [2.05, 4.69) is 29.6 Å². The molecule has 0 radical (unpaired) electrons. The minimum Gasteiger partial charge on any atom is -0.444 e. The van der Waals surface area contributed by atoms with Crippen LogP contribution in [0.15, 0.2) is 30.3 Å². The molecule has 1 unspecified atom stereocenters. The molecule has 1 aliphatic heterocycles. The van der Waals surface area contributed by atoms with Crippen molar-refractivity contribution in [2.75, 3.05) is 6.54 Å². The number of fused-ring (bicyclic) bond motifs is 2. The quantitative estimate of drug-likeness (QED) is 0.932. The zero-order valence-electron chi connectivity index (χ0n) is 13.7. The van der Waals surface area contributed by atoms with Gasteiger partial charge in [0, 0.05) is 25.2 Å². The summed E-state index contributed by atoms with van der Waals surface area (Å²) in [4.78, 5) is 14.1. The molecule has 120 valence electrons. The topological polar surface area (TPSA) is 41.6 Å². The number of nitrogens with zero attached hydrogens (tertiary/aromatic N) is 1. The van der Waals surface area contributed by atoms with Gasteiger partial charge in [-0.1, -0.05) is 30.3 Å². The minimum absolute atomic E-state index is 0.151. The van der Waals surface area contributed by atoms with Gasteiger partial charge in [-0.15, -0.1) is 0 Å². The van der Waals surface area contributed by atoms with Crippen LogP contribution in [0.4, 0.5) is 4.79 Å². The van der Waals surface area contributed by atoms with E-state index in [0.29, 0.717) is 18.0 Å². The fourth-order valence-corrected chi connectivity index (χ4v) is 3.59. The first-order valence-corrected chi connectivity index (χ1v) is 8.19. The van der Waals surface area contributed by atoms with E-state index in [1.165, 1.54) is 5.56 Å². The fourth-order valence-electron chi connectivity index (χ4n) is 3.59. The molecule has 22 heavy (non-hydrogen) atoms. The van der Waals surface area contributed by atoms with Crippen molar-refractivity contribution in [3.63, 3.8) is 0 Å². The standard InChI is InChI=1S/C18H26N2O2/c1-18(2,3)22-17(21)20-12-14-9-15(20)10-16(14)19-11-13-7-5-4-6-8-13/h4-8,14-16,19H,9-12H2,1-3H3/t14-,15-,16?/m1/s1. The lowest BCUT2D eigenvalue weighted by atomic mass is 10.0. The maximum Gasteiger partial charge on any atom is 0.410 e.